The Morgan fingerprint density at radius 3 is 2.85 bits per heavy atom. The van der Waals surface area contributed by atoms with Crippen molar-refractivity contribution in [3.8, 4) is 0 Å². The summed E-state index contributed by atoms with van der Waals surface area (Å²) in [6.07, 6.45) is 1.61. The molecule has 20 heavy (non-hydrogen) atoms. The summed E-state index contributed by atoms with van der Waals surface area (Å²) in [5.41, 5.74) is 2.88. The molecule has 0 spiro atoms. The largest absolute Gasteiger partial charge is 0.388 e. The van der Waals surface area contributed by atoms with Crippen LogP contribution in [0.25, 0.3) is 0 Å². The summed E-state index contributed by atoms with van der Waals surface area (Å²) < 4.78 is 0. The fraction of sp³-hybridized carbons (Fsp3) is 0.533. The molecular formula is C15H21N3O2. The van der Waals surface area contributed by atoms with Crippen molar-refractivity contribution in [2.75, 3.05) is 25.5 Å². The van der Waals surface area contributed by atoms with Gasteiger partial charge in [-0.1, -0.05) is 6.07 Å². The van der Waals surface area contributed by atoms with Gasteiger partial charge in [0.15, 0.2) is 0 Å². The van der Waals surface area contributed by atoms with Gasteiger partial charge in [-0.05, 0) is 55.1 Å². The molecule has 0 aliphatic carbocycles. The van der Waals surface area contributed by atoms with Crippen LogP contribution in [0.5, 0.6) is 0 Å². The van der Waals surface area contributed by atoms with Crippen LogP contribution in [0.1, 0.15) is 30.1 Å². The molecule has 1 fully saturated rings. The molecule has 2 amide bonds. The summed E-state index contributed by atoms with van der Waals surface area (Å²) in [7, 11) is 1.77. The number of nitrogens with one attached hydrogen (secondary N) is 2. The van der Waals surface area contributed by atoms with Crippen molar-refractivity contribution < 1.29 is 9.90 Å². The van der Waals surface area contributed by atoms with Crippen LogP contribution in [0, 0.1) is 5.92 Å². The van der Waals surface area contributed by atoms with Gasteiger partial charge in [0.25, 0.3) is 0 Å². The maximum Gasteiger partial charge on any atom is 0.321 e. The standard InChI is InChI=1S/C15H21N3O2/c1-18-9-12-8-11(2-3-13(12)17-15(18)20)14(19)10-4-6-16-7-5-10/h2-3,8,10,14,16,19H,4-7,9H2,1H3,(H,17,20). The number of nitrogens with zero attached hydrogens (tertiary/aromatic N) is 1. The molecule has 3 N–H and O–H groups in total. The average Bonchev–Trinajstić information content (AvgIpc) is 2.48. The minimum atomic E-state index is -0.412. The van der Waals surface area contributed by atoms with Gasteiger partial charge in [0.05, 0.1) is 6.10 Å². The number of anilines is 1. The predicted octanol–water partition coefficient (Wildman–Crippen LogP) is 1.70. The first-order chi connectivity index (χ1) is 9.65. The Hall–Kier alpha value is -1.59. The predicted molar refractivity (Wildman–Crippen MR) is 77.5 cm³/mol. The molecule has 0 radical (unpaired) electrons. The van der Waals surface area contributed by atoms with Crippen molar-refractivity contribution in [3.05, 3.63) is 29.3 Å². The van der Waals surface area contributed by atoms with Crippen LogP contribution in [-0.2, 0) is 6.54 Å². The molecule has 5 nitrogen and oxygen atoms in total. The van der Waals surface area contributed by atoms with Gasteiger partial charge in [0.2, 0.25) is 0 Å². The maximum absolute atomic E-state index is 11.6. The van der Waals surface area contributed by atoms with Crippen LogP contribution in [-0.4, -0.2) is 36.2 Å². The number of carbonyl (C=O) groups is 1. The highest BCUT2D eigenvalue weighted by molar-refractivity contribution is 5.92. The second-order valence-electron chi connectivity index (χ2n) is 5.74. The number of hydrogen-bond donors (Lipinski definition) is 3. The topological polar surface area (TPSA) is 64.6 Å². The van der Waals surface area contributed by atoms with Crippen LogP contribution < -0.4 is 10.6 Å². The molecule has 3 rings (SSSR count). The van der Waals surface area contributed by atoms with E-state index in [2.05, 4.69) is 10.6 Å². The number of rotatable bonds is 2. The molecule has 1 aromatic carbocycles. The van der Waals surface area contributed by atoms with E-state index in [1.165, 1.54) is 0 Å². The SMILES string of the molecule is CN1Cc2cc(C(O)C3CCNCC3)ccc2NC1=O. The Kier molecular flexibility index (Phi) is 3.63. The van der Waals surface area contributed by atoms with Gasteiger partial charge in [0.1, 0.15) is 0 Å². The first-order valence-corrected chi connectivity index (χ1v) is 7.19. The van der Waals surface area contributed by atoms with E-state index < -0.39 is 6.10 Å². The lowest BCUT2D eigenvalue weighted by molar-refractivity contribution is 0.0888. The monoisotopic (exact) mass is 275 g/mol. The second kappa shape index (κ2) is 5.42. The minimum Gasteiger partial charge on any atom is -0.388 e. The van der Waals surface area contributed by atoms with E-state index in [4.69, 9.17) is 0 Å². The van der Waals surface area contributed by atoms with Gasteiger partial charge in [-0.2, -0.15) is 0 Å². The number of urea groups is 1. The van der Waals surface area contributed by atoms with Crippen LogP contribution in [0.3, 0.4) is 0 Å². The Balaban J connectivity index is 1.81. The smallest absolute Gasteiger partial charge is 0.321 e. The summed E-state index contributed by atoms with van der Waals surface area (Å²) in [5.74, 6) is 0.324. The molecule has 1 saturated heterocycles. The van der Waals surface area contributed by atoms with Crippen LogP contribution in [0.4, 0.5) is 10.5 Å². The zero-order chi connectivity index (χ0) is 14.1. The Labute approximate surface area is 119 Å². The lowest BCUT2D eigenvalue weighted by Crippen LogP contribution is -2.35. The van der Waals surface area contributed by atoms with Gasteiger partial charge >= 0.3 is 6.03 Å². The van der Waals surface area contributed by atoms with Gasteiger partial charge in [-0.3, -0.25) is 0 Å². The van der Waals surface area contributed by atoms with E-state index in [1.807, 2.05) is 18.2 Å². The van der Waals surface area contributed by atoms with Crippen molar-refractivity contribution in [1.82, 2.24) is 10.2 Å². The van der Waals surface area contributed by atoms with Crippen LogP contribution in [0.15, 0.2) is 18.2 Å². The summed E-state index contributed by atoms with van der Waals surface area (Å²) in [6, 6.07) is 5.78. The van der Waals surface area contributed by atoms with E-state index in [1.54, 1.807) is 11.9 Å². The third-order valence-electron chi connectivity index (χ3n) is 4.30. The zero-order valence-electron chi connectivity index (χ0n) is 11.7. The lowest BCUT2D eigenvalue weighted by atomic mass is 9.87. The third kappa shape index (κ3) is 2.51. The molecule has 1 atom stereocenters. The number of fused-ring (bicyclic) bond motifs is 1. The van der Waals surface area contributed by atoms with E-state index in [0.29, 0.717) is 12.5 Å². The number of aliphatic hydroxyl groups excluding tert-OH is 1. The van der Waals surface area contributed by atoms with Crippen molar-refractivity contribution in [3.63, 3.8) is 0 Å². The highest BCUT2D eigenvalue weighted by Gasteiger charge is 2.25. The number of carbonyl (C=O) groups excluding carboxylic acids is 1. The Bertz CT molecular complexity index is 512. The quantitative estimate of drug-likeness (QED) is 0.769. The lowest BCUT2D eigenvalue weighted by Gasteiger charge is -2.30. The fourth-order valence-corrected chi connectivity index (χ4v) is 3.02. The highest BCUT2D eigenvalue weighted by atomic mass is 16.3. The molecular weight excluding hydrogens is 254 g/mol. The molecule has 0 aromatic heterocycles. The van der Waals surface area contributed by atoms with Gasteiger partial charge < -0.3 is 20.6 Å². The minimum absolute atomic E-state index is 0.0795. The van der Waals surface area contributed by atoms with Gasteiger partial charge in [0, 0.05) is 19.3 Å². The second-order valence-corrected chi connectivity index (χ2v) is 5.74. The van der Waals surface area contributed by atoms with Gasteiger partial charge in [-0.15, -0.1) is 0 Å². The van der Waals surface area contributed by atoms with E-state index >= 15 is 0 Å². The number of amides is 2. The number of piperidine rings is 1. The molecule has 1 aromatic rings. The van der Waals surface area contributed by atoms with Crippen LogP contribution >= 0.6 is 0 Å². The normalized spacial score (nSPS) is 21.3. The van der Waals surface area contributed by atoms with Crippen molar-refractivity contribution >= 4 is 11.7 Å². The first kappa shape index (κ1) is 13.4. The van der Waals surface area contributed by atoms with E-state index in [-0.39, 0.29) is 6.03 Å². The Morgan fingerprint density at radius 2 is 2.10 bits per heavy atom. The molecule has 1 unspecified atom stereocenters. The average molecular weight is 275 g/mol. The van der Waals surface area contributed by atoms with Crippen molar-refractivity contribution in [1.29, 1.82) is 0 Å². The molecule has 5 heteroatoms. The summed E-state index contributed by atoms with van der Waals surface area (Å²) >= 11 is 0. The fourth-order valence-electron chi connectivity index (χ4n) is 3.02. The number of aliphatic hydroxyl groups is 1. The number of hydrogen-bond acceptors (Lipinski definition) is 3. The zero-order valence-corrected chi connectivity index (χ0v) is 11.7. The highest BCUT2D eigenvalue weighted by Crippen LogP contribution is 2.32. The van der Waals surface area contributed by atoms with Gasteiger partial charge in [-0.25, -0.2) is 4.79 Å². The molecule has 0 saturated carbocycles. The summed E-state index contributed by atoms with van der Waals surface area (Å²) in [5, 5.41) is 16.7. The third-order valence-corrected chi connectivity index (χ3v) is 4.30. The number of benzene rings is 1. The van der Waals surface area contributed by atoms with E-state index in [0.717, 1.165) is 42.7 Å². The maximum atomic E-state index is 11.6. The molecule has 2 aliphatic heterocycles. The molecule has 2 heterocycles. The molecule has 108 valence electrons. The van der Waals surface area contributed by atoms with Crippen LogP contribution in [0.2, 0.25) is 0 Å². The van der Waals surface area contributed by atoms with Crippen molar-refractivity contribution in [2.24, 2.45) is 5.92 Å². The Morgan fingerprint density at radius 1 is 1.35 bits per heavy atom. The van der Waals surface area contributed by atoms with E-state index in [9.17, 15) is 9.90 Å². The van der Waals surface area contributed by atoms with Crippen molar-refractivity contribution in [2.45, 2.75) is 25.5 Å². The molecule has 2 aliphatic rings. The summed E-state index contributed by atoms with van der Waals surface area (Å²) in [4.78, 5) is 13.2. The first-order valence-electron chi connectivity index (χ1n) is 7.19. The molecule has 0 bridgehead atoms. The summed E-state index contributed by atoms with van der Waals surface area (Å²) in [6.45, 7) is 2.55.